The van der Waals surface area contributed by atoms with Crippen LogP contribution in [0, 0.1) is 0 Å². The Morgan fingerprint density at radius 3 is 2.71 bits per heavy atom. The number of anilines is 2. The fraction of sp³-hybridized carbons (Fsp3) is 0. The van der Waals surface area contributed by atoms with Crippen LogP contribution in [0.1, 0.15) is 0 Å². The fourth-order valence-corrected chi connectivity index (χ4v) is 2.10. The molecule has 0 aliphatic carbocycles. The Bertz CT molecular complexity index is 514. The largest absolute Gasteiger partial charge is 0.338 e. The third kappa shape index (κ3) is 3.31. The van der Waals surface area contributed by atoms with Crippen LogP contribution in [0.4, 0.5) is 11.5 Å². The van der Waals surface area contributed by atoms with Gasteiger partial charge in [0.05, 0.1) is 15.2 Å². The molecule has 0 saturated heterocycles. The lowest BCUT2D eigenvalue weighted by Crippen LogP contribution is -1.97. The van der Waals surface area contributed by atoms with Gasteiger partial charge in [-0.15, -0.1) is 0 Å². The van der Waals surface area contributed by atoms with Crippen molar-refractivity contribution in [1.82, 2.24) is 9.97 Å². The van der Waals surface area contributed by atoms with Crippen molar-refractivity contribution in [2.75, 3.05) is 5.32 Å². The lowest BCUT2D eigenvalue weighted by Gasteiger charge is -2.09. The third-order valence-electron chi connectivity index (χ3n) is 1.90. The number of benzene rings is 1. The second kappa shape index (κ2) is 5.52. The highest BCUT2D eigenvalue weighted by atomic mass is 79.9. The molecule has 1 heterocycles. The zero-order valence-corrected chi connectivity index (χ0v) is 12.9. The highest BCUT2D eigenvalue weighted by Crippen LogP contribution is 2.30. The molecule has 0 amide bonds. The average Bonchev–Trinajstić information content (AvgIpc) is 2.28. The molecule has 2 rings (SSSR count). The molecule has 0 bridgehead atoms. The van der Waals surface area contributed by atoms with Crippen molar-refractivity contribution >= 4 is 66.6 Å². The van der Waals surface area contributed by atoms with Crippen molar-refractivity contribution in [3.8, 4) is 0 Å². The second-order valence-electron chi connectivity index (χ2n) is 3.08. The number of nitrogens with zero attached hydrogens (tertiary/aromatic N) is 2. The van der Waals surface area contributed by atoms with Crippen molar-refractivity contribution in [3.63, 3.8) is 0 Å². The minimum Gasteiger partial charge on any atom is -0.338 e. The Morgan fingerprint density at radius 1 is 1.18 bits per heavy atom. The molecule has 0 atom stereocenters. The summed E-state index contributed by atoms with van der Waals surface area (Å²) in [5.74, 6) is 0.560. The molecule has 0 radical (unpaired) electrons. The molecule has 7 heteroatoms. The van der Waals surface area contributed by atoms with E-state index in [-0.39, 0.29) is 5.28 Å². The average molecular weight is 398 g/mol. The van der Waals surface area contributed by atoms with Crippen molar-refractivity contribution in [2.45, 2.75) is 0 Å². The van der Waals surface area contributed by atoms with Gasteiger partial charge in [0.15, 0.2) is 0 Å². The van der Waals surface area contributed by atoms with Gasteiger partial charge in [-0.2, -0.15) is 4.98 Å². The number of hydrogen-bond donors (Lipinski definition) is 1. The Kier molecular flexibility index (Phi) is 4.25. The third-order valence-corrected chi connectivity index (χ3v) is 3.48. The van der Waals surface area contributed by atoms with E-state index in [0.717, 1.165) is 10.2 Å². The van der Waals surface area contributed by atoms with Gasteiger partial charge in [-0.05, 0) is 45.7 Å². The van der Waals surface area contributed by atoms with Gasteiger partial charge in [-0.3, -0.25) is 0 Å². The molecule has 0 aliphatic rings. The van der Waals surface area contributed by atoms with E-state index in [1.54, 1.807) is 12.3 Å². The first-order valence-electron chi connectivity index (χ1n) is 4.46. The van der Waals surface area contributed by atoms with Crippen molar-refractivity contribution in [3.05, 3.63) is 43.6 Å². The molecule has 17 heavy (non-hydrogen) atoms. The van der Waals surface area contributed by atoms with Crippen LogP contribution >= 0.6 is 55.1 Å². The van der Waals surface area contributed by atoms with E-state index < -0.39 is 0 Å². The monoisotopic (exact) mass is 395 g/mol. The SMILES string of the molecule is Clc1ncc(Br)c(Nc2cc(Br)ccc2Cl)n1. The highest BCUT2D eigenvalue weighted by Gasteiger charge is 2.07. The van der Waals surface area contributed by atoms with Gasteiger partial charge in [0.1, 0.15) is 5.82 Å². The summed E-state index contributed by atoms with van der Waals surface area (Å²) in [5.41, 5.74) is 0.733. The molecule has 2 aromatic rings. The second-order valence-corrected chi connectivity index (χ2v) is 5.60. The van der Waals surface area contributed by atoms with E-state index in [1.165, 1.54) is 0 Å². The summed E-state index contributed by atoms with van der Waals surface area (Å²) in [5, 5.41) is 3.84. The summed E-state index contributed by atoms with van der Waals surface area (Å²) in [7, 11) is 0. The van der Waals surface area contributed by atoms with Crippen LogP contribution in [0.25, 0.3) is 0 Å². The van der Waals surface area contributed by atoms with E-state index in [2.05, 4.69) is 47.1 Å². The summed E-state index contributed by atoms with van der Waals surface area (Å²) in [4.78, 5) is 7.91. The van der Waals surface area contributed by atoms with Gasteiger partial charge in [0, 0.05) is 10.7 Å². The van der Waals surface area contributed by atoms with Crippen LogP contribution in [0.2, 0.25) is 10.3 Å². The molecule has 1 N–H and O–H groups in total. The van der Waals surface area contributed by atoms with Crippen LogP contribution < -0.4 is 5.32 Å². The Morgan fingerprint density at radius 2 is 1.94 bits per heavy atom. The first-order chi connectivity index (χ1) is 8.06. The molecule has 1 aromatic heterocycles. The van der Waals surface area contributed by atoms with Gasteiger partial charge in [0.2, 0.25) is 5.28 Å². The lowest BCUT2D eigenvalue weighted by atomic mass is 10.3. The molecule has 0 spiro atoms. The Balaban J connectivity index is 2.37. The molecule has 1 aromatic carbocycles. The predicted molar refractivity (Wildman–Crippen MR) is 77.2 cm³/mol. The topological polar surface area (TPSA) is 37.8 Å². The first kappa shape index (κ1) is 13.1. The molecule has 88 valence electrons. The number of halogens is 4. The van der Waals surface area contributed by atoms with Gasteiger partial charge in [0.25, 0.3) is 0 Å². The maximum absolute atomic E-state index is 6.06. The highest BCUT2D eigenvalue weighted by molar-refractivity contribution is 9.10. The molecule has 0 fully saturated rings. The van der Waals surface area contributed by atoms with Crippen LogP contribution in [0.15, 0.2) is 33.3 Å². The van der Waals surface area contributed by atoms with E-state index in [1.807, 2.05) is 12.1 Å². The molecule has 0 unspecified atom stereocenters. The standard InChI is InChI=1S/C10H5Br2Cl2N3/c11-5-1-2-7(13)8(3-5)16-9-6(12)4-15-10(14)17-9/h1-4H,(H,15,16,17). The number of aromatic nitrogens is 2. The zero-order valence-electron chi connectivity index (χ0n) is 8.22. The van der Waals surface area contributed by atoms with Crippen LogP contribution in [0.5, 0.6) is 0 Å². The molecule has 0 saturated carbocycles. The zero-order chi connectivity index (χ0) is 12.4. The van der Waals surface area contributed by atoms with Crippen LogP contribution in [-0.4, -0.2) is 9.97 Å². The van der Waals surface area contributed by atoms with Crippen molar-refractivity contribution in [2.24, 2.45) is 0 Å². The van der Waals surface area contributed by atoms with E-state index in [9.17, 15) is 0 Å². The normalized spacial score (nSPS) is 10.4. The Labute approximate surface area is 125 Å². The number of hydrogen-bond acceptors (Lipinski definition) is 3. The van der Waals surface area contributed by atoms with Gasteiger partial charge < -0.3 is 5.32 Å². The van der Waals surface area contributed by atoms with Gasteiger partial charge in [-0.1, -0.05) is 27.5 Å². The van der Waals surface area contributed by atoms with Crippen LogP contribution in [-0.2, 0) is 0 Å². The quantitative estimate of drug-likeness (QED) is 0.720. The number of nitrogens with one attached hydrogen (secondary N) is 1. The number of rotatable bonds is 2. The summed E-state index contributed by atoms with van der Waals surface area (Å²) in [6.07, 6.45) is 1.57. The maximum Gasteiger partial charge on any atom is 0.224 e. The minimum atomic E-state index is 0.168. The van der Waals surface area contributed by atoms with Crippen molar-refractivity contribution < 1.29 is 0 Å². The van der Waals surface area contributed by atoms with E-state index in [0.29, 0.717) is 15.3 Å². The molecule has 3 nitrogen and oxygen atoms in total. The molecule has 0 aliphatic heterocycles. The molecular weight excluding hydrogens is 393 g/mol. The van der Waals surface area contributed by atoms with E-state index >= 15 is 0 Å². The lowest BCUT2D eigenvalue weighted by molar-refractivity contribution is 1.15. The summed E-state index contributed by atoms with van der Waals surface area (Å²) >= 11 is 18.5. The van der Waals surface area contributed by atoms with Gasteiger partial charge in [-0.25, -0.2) is 4.98 Å². The smallest absolute Gasteiger partial charge is 0.224 e. The minimum absolute atomic E-state index is 0.168. The maximum atomic E-state index is 6.06. The Hall–Kier alpha value is -0.360. The summed E-state index contributed by atoms with van der Waals surface area (Å²) in [6, 6.07) is 5.49. The first-order valence-corrected chi connectivity index (χ1v) is 6.80. The van der Waals surface area contributed by atoms with E-state index in [4.69, 9.17) is 23.2 Å². The van der Waals surface area contributed by atoms with Crippen molar-refractivity contribution in [1.29, 1.82) is 0 Å². The fourth-order valence-electron chi connectivity index (χ4n) is 1.15. The molecular formula is C10H5Br2Cl2N3. The van der Waals surface area contributed by atoms with Gasteiger partial charge >= 0.3 is 0 Å². The van der Waals surface area contributed by atoms with Crippen LogP contribution in [0.3, 0.4) is 0 Å². The predicted octanol–water partition coefficient (Wildman–Crippen LogP) is 5.05. The summed E-state index contributed by atoms with van der Waals surface area (Å²) in [6.45, 7) is 0. The summed E-state index contributed by atoms with van der Waals surface area (Å²) < 4.78 is 1.62.